The van der Waals surface area contributed by atoms with Crippen molar-refractivity contribution in [3.63, 3.8) is 0 Å². The van der Waals surface area contributed by atoms with Gasteiger partial charge in [0, 0.05) is 20.9 Å². The number of benzene rings is 1. The molecule has 1 aromatic carbocycles. The maximum Gasteiger partial charge on any atom is 0.338 e. The largest absolute Gasteiger partial charge is 0.462 e. The molecule has 2 bridgehead atoms. The lowest BCUT2D eigenvalue weighted by atomic mass is 9.69. The summed E-state index contributed by atoms with van der Waals surface area (Å²) in [5.41, 5.74) is 0.891. The Labute approximate surface area is 218 Å². The Kier molecular flexibility index (Phi) is 5.10. The Morgan fingerprint density at radius 1 is 1.08 bits per heavy atom. The van der Waals surface area contributed by atoms with Crippen molar-refractivity contribution in [1.82, 2.24) is 4.98 Å². The number of nitrogens with zero attached hydrogens (tertiary/aromatic N) is 1. The Balaban J connectivity index is 1.24. The van der Waals surface area contributed by atoms with E-state index >= 15 is 0 Å². The number of anilines is 1. The molecule has 36 heavy (non-hydrogen) atoms. The number of rotatable bonds is 4. The first kappa shape index (κ1) is 22.5. The normalized spacial score (nSPS) is 31.9. The lowest BCUT2D eigenvalue weighted by molar-refractivity contribution is -0.123. The van der Waals surface area contributed by atoms with Crippen LogP contribution in [0.5, 0.6) is 0 Å². The first-order chi connectivity index (χ1) is 17.5. The highest BCUT2D eigenvalue weighted by Gasteiger charge is 2.69. The number of H-pyrrole nitrogens is 1. The molecule has 7 rings (SSSR count). The van der Waals surface area contributed by atoms with Gasteiger partial charge in [-0.15, -0.1) is 23.1 Å². The summed E-state index contributed by atoms with van der Waals surface area (Å²) in [5, 5.41) is 3.17. The lowest BCUT2D eigenvalue weighted by Crippen LogP contribution is -2.42. The van der Waals surface area contributed by atoms with Gasteiger partial charge in [-0.25, -0.2) is 4.79 Å². The van der Waals surface area contributed by atoms with E-state index in [-0.39, 0.29) is 64.1 Å². The zero-order chi connectivity index (χ0) is 24.7. The summed E-state index contributed by atoms with van der Waals surface area (Å²) < 4.78 is 5.05. The maximum atomic E-state index is 13.8. The summed E-state index contributed by atoms with van der Waals surface area (Å²) >= 11 is 4.67. The quantitative estimate of drug-likeness (QED) is 0.392. The molecule has 1 N–H and O–H groups in total. The number of fused-ring (bicyclic) bond motifs is 9. The molecule has 4 aliphatic rings. The van der Waals surface area contributed by atoms with E-state index in [1.807, 2.05) is 6.07 Å². The fourth-order valence-electron chi connectivity index (χ4n) is 7.02. The van der Waals surface area contributed by atoms with Crippen LogP contribution in [0.3, 0.4) is 0 Å². The number of imide groups is 1. The molecule has 2 amide bonds. The minimum absolute atomic E-state index is 0.0498. The van der Waals surface area contributed by atoms with Crippen molar-refractivity contribution in [3.05, 3.63) is 66.8 Å². The van der Waals surface area contributed by atoms with Crippen LogP contribution < -0.4 is 9.77 Å². The molecule has 0 radical (unpaired) electrons. The number of ether oxygens (including phenoxy) is 1. The third-order valence-corrected chi connectivity index (χ3v) is 11.8. The first-order valence-electron chi connectivity index (χ1n) is 12.1. The molecule has 2 aliphatic carbocycles. The standard InChI is InChI=1S/C26H22N2O5S3/c1-2-33-25(31)11-5-7-12(8-6-11)28-23(29)17-13-10-14(18(17)24(28)30)20-16(13)19(15-4-3-9-34-15)21-22(35-20)27-26(32)36-21/h3-9,13-14,16-20H,2,10H2,1H3,(H,27,32)/t13-,14-,16-,17+,18-,19-,20+/m1/s1. The monoisotopic (exact) mass is 538 g/mol. The van der Waals surface area contributed by atoms with E-state index in [0.29, 0.717) is 11.3 Å². The SMILES string of the molecule is CCOC(=O)c1ccc(N2C(=O)[C@@H]3[C@H]4C[C@@H]([C@@H]3C2=O)[C@@H]2[C@@H](c3cccs3)c3sc(=O)[nH]c3S[C@@H]42)cc1. The molecule has 0 unspecified atom stereocenters. The molecule has 2 aromatic heterocycles. The Morgan fingerprint density at radius 3 is 2.53 bits per heavy atom. The average molecular weight is 539 g/mol. The van der Waals surface area contributed by atoms with Crippen molar-refractivity contribution in [1.29, 1.82) is 0 Å². The van der Waals surface area contributed by atoms with Crippen molar-refractivity contribution >= 4 is 57.9 Å². The molecule has 1 saturated heterocycles. The lowest BCUT2D eigenvalue weighted by Gasteiger charge is -2.42. The number of nitrogens with one attached hydrogen (secondary N) is 1. The van der Waals surface area contributed by atoms with Gasteiger partial charge in [-0.1, -0.05) is 17.4 Å². The highest BCUT2D eigenvalue weighted by molar-refractivity contribution is 8.00. The Hall–Kier alpha value is -2.69. The van der Waals surface area contributed by atoms with Crippen LogP contribution in [0.2, 0.25) is 0 Å². The minimum atomic E-state index is -0.427. The van der Waals surface area contributed by atoms with Crippen molar-refractivity contribution in [2.75, 3.05) is 11.5 Å². The van der Waals surface area contributed by atoms with Crippen molar-refractivity contribution in [2.24, 2.45) is 29.6 Å². The fourth-order valence-corrected chi connectivity index (χ4v) is 10.9. The van der Waals surface area contributed by atoms with Gasteiger partial charge in [-0.2, -0.15) is 0 Å². The van der Waals surface area contributed by atoms with Crippen LogP contribution in [-0.4, -0.2) is 34.6 Å². The molecular formula is C26H22N2O5S3. The van der Waals surface area contributed by atoms with E-state index in [1.165, 1.54) is 21.1 Å². The summed E-state index contributed by atoms with van der Waals surface area (Å²) in [4.78, 5) is 58.4. The second-order valence-corrected chi connectivity index (χ2v) is 12.9. The third-order valence-electron chi connectivity index (χ3n) is 8.21. The fraction of sp³-hybridized carbons (Fsp3) is 0.385. The number of aromatic nitrogens is 1. The number of thiazole rings is 1. The second kappa shape index (κ2) is 8.16. The van der Waals surface area contributed by atoms with Crippen LogP contribution in [-0.2, 0) is 14.3 Å². The molecule has 184 valence electrons. The van der Waals surface area contributed by atoms with E-state index in [0.717, 1.165) is 16.3 Å². The smallest absolute Gasteiger partial charge is 0.338 e. The Morgan fingerprint density at radius 2 is 1.83 bits per heavy atom. The summed E-state index contributed by atoms with van der Waals surface area (Å²) in [5.74, 6) is -0.909. The van der Waals surface area contributed by atoms with Gasteiger partial charge in [-0.05, 0) is 66.8 Å². The van der Waals surface area contributed by atoms with Gasteiger partial charge in [0.05, 0.1) is 34.7 Å². The molecule has 10 heteroatoms. The number of aromatic amines is 1. The van der Waals surface area contributed by atoms with E-state index < -0.39 is 5.97 Å². The van der Waals surface area contributed by atoms with Gasteiger partial charge < -0.3 is 9.72 Å². The number of carbonyl (C=O) groups excluding carboxylic acids is 3. The van der Waals surface area contributed by atoms with Crippen LogP contribution in [0.15, 0.2) is 51.6 Å². The Bertz CT molecular complexity index is 1440. The second-order valence-electron chi connectivity index (χ2n) is 9.76. The van der Waals surface area contributed by atoms with Crippen LogP contribution >= 0.6 is 34.4 Å². The van der Waals surface area contributed by atoms with Crippen LogP contribution in [0.25, 0.3) is 0 Å². The molecule has 3 fully saturated rings. The van der Waals surface area contributed by atoms with Gasteiger partial charge in [0.2, 0.25) is 11.8 Å². The molecule has 4 heterocycles. The first-order valence-corrected chi connectivity index (χ1v) is 14.6. The van der Waals surface area contributed by atoms with Crippen molar-refractivity contribution in [2.45, 2.75) is 29.5 Å². The molecule has 0 spiro atoms. The van der Waals surface area contributed by atoms with Gasteiger partial charge in [0.1, 0.15) is 0 Å². The van der Waals surface area contributed by atoms with E-state index in [1.54, 1.807) is 54.3 Å². The predicted molar refractivity (Wildman–Crippen MR) is 138 cm³/mol. The van der Waals surface area contributed by atoms with E-state index in [4.69, 9.17) is 4.74 Å². The zero-order valence-electron chi connectivity index (χ0n) is 19.2. The number of hydrogen-bond acceptors (Lipinski definition) is 8. The summed E-state index contributed by atoms with van der Waals surface area (Å²) in [6, 6.07) is 10.7. The number of amides is 2. The number of esters is 1. The number of thioether (sulfide) groups is 1. The third kappa shape index (κ3) is 3.04. The summed E-state index contributed by atoms with van der Waals surface area (Å²) in [7, 11) is 0. The van der Waals surface area contributed by atoms with Gasteiger partial charge in [0.25, 0.3) is 0 Å². The molecular weight excluding hydrogens is 516 g/mol. The van der Waals surface area contributed by atoms with Crippen LogP contribution in [0.4, 0.5) is 5.69 Å². The molecule has 3 aromatic rings. The average Bonchev–Trinajstić information content (AvgIpc) is 3.67. The number of thiophene rings is 1. The van der Waals surface area contributed by atoms with Crippen LogP contribution in [0, 0.1) is 29.6 Å². The van der Waals surface area contributed by atoms with Gasteiger partial charge in [-0.3, -0.25) is 19.3 Å². The predicted octanol–water partition coefficient (Wildman–Crippen LogP) is 4.35. The van der Waals surface area contributed by atoms with Crippen LogP contribution in [0.1, 0.15) is 39.4 Å². The molecule has 2 saturated carbocycles. The highest BCUT2D eigenvalue weighted by Crippen LogP contribution is 2.68. The number of hydrogen-bond donors (Lipinski definition) is 1. The number of carbonyl (C=O) groups is 3. The molecule has 7 atom stereocenters. The van der Waals surface area contributed by atoms with Crippen molar-refractivity contribution in [3.8, 4) is 0 Å². The van der Waals surface area contributed by atoms with E-state index in [9.17, 15) is 19.2 Å². The maximum absolute atomic E-state index is 13.8. The summed E-state index contributed by atoms with van der Waals surface area (Å²) in [6.45, 7) is 2.03. The van der Waals surface area contributed by atoms with E-state index in [2.05, 4.69) is 16.4 Å². The minimum Gasteiger partial charge on any atom is -0.462 e. The highest BCUT2D eigenvalue weighted by atomic mass is 32.2. The molecule has 7 nitrogen and oxygen atoms in total. The zero-order valence-corrected chi connectivity index (χ0v) is 21.7. The molecule has 2 aliphatic heterocycles. The summed E-state index contributed by atoms with van der Waals surface area (Å²) in [6.07, 6.45) is 0.867. The van der Waals surface area contributed by atoms with Crippen molar-refractivity contribution < 1.29 is 19.1 Å². The van der Waals surface area contributed by atoms with Gasteiger partial charge >= 0.3 is 10.8 Å². The van der Waals surface area contributed by atoms with Gasteiger partial charge in [0.15, 0.2) is 0 Å². The topological polar surface area (TPSA) is 96.5 Å².